The highest BCUT2D eigenvalue weighted by Crippen LogP contribution is 2.13. The molecule has 1 unspecified atom stereocenters. The molecule has 0 aromatic heterocycles. The van der Waals surface area contributed by atoms with Crippen molar-refractivity contribution in [1.29, 1.82) is 5.26 Å². The lowest BCUT2D eigenvalue weighted by Crippen LogP contribution is -2.40. The minimum Gasteiger partial charge on any atom is -0.379 e. The summed E-state index contributed by atoms with van der Waals surface area (Å²) in [6.45, 7) is 7.55. The summed E-state index contributed by atoms with van der Waals surface area (Å²) >= 11 is 0. The highest BCUT2D eigenvalue weighted by atomic mass is 16.5. The van der Waals surface area contributed by atoms with Gasteiger partial charge in [0.15, 0.2) is 0 Å². The van der Waals surface area contributed by atoms with Crippen LogP contribution in [-0.2, 0) is 11.2 Å². The largest absolute Gasteiger partial charge is 0.379 e. The van der Waals surface area contributed by atoms with Crippen LogP contribution >= 0.6 is 0 Å². The Kier molecular flexibility index (Phi) is 6.00. The molecular weight excluding hydrogens is 250 g/mol. The van der Waals surface area contributed by atoms with E-state index in [1.807, 2.05) is 0 Å². The average molecular weight is 273 g/mol. The molecule has 2 rings (SSSR count). The number of rotatable bonds is 6. The van der Waals surface area contributed by atoms with Crippen LogP contribution in [0.25, 0.3) is 0 Å². The molecule has 1 fully saturated rings. The molecule has 1 saturated heterocycles. The van der Waals surface area contributed by atoms with Crippen LogP contribution in [0, 0.1) is 11.3 Å². The van der Waals surface area contributed by atoms with Crippen LogP contribution in [0.2, 0.25) is 0 Å². The Bertz CT molecular complexity index is 432. The Labute approximate surface area is 121 Å². The lowest BCUT2D eigenvalue weighted by Gasteiger charge is -2.27. The smallest absolute Gasteiger partial charge is 0.121 e. The second kappa shape index (κ2) is 8.01. The van der Waals surface area contributed by atoms with Crippen LogP contribution in [0.15, 0.2) is 24.3 Å². The molecule has 108 valence electrons. The van der Waals surface area contributed by atoms with Crippen LogP contribution in [0.3, 0.4) is 0 Å². The summed E-state index contributed by atoms with van der Waals surface area (Å²) in [7, 11) is 0. The summed E-state index contributed by atoms with van der Waals surface area (Å²) in [4.78, 5) is 2.37. The van der Waals surface area contributed by atoms with Crippen molar-refractivity contribution in [3.63, 3.8) is 0 Å². The highest BCUT2D eigenvalue weighted by molar-refractivity contribution is 5.28. The van der Waals surface area contributed by atoms with E-state index in [0.29, 0.717) is 0 Å². The molecule has 1 aliphatic rings. The Morgan fingerprint density at radius 2 is 2.00 bits per heavy atom. The van der Waals surface area contributed by atoms with E-state index < -0.39 is 0 Å². The van der Waals surface area contributed by atoms with Gasteiger partial charge in [-0.25, -0.2) is 0 Å². The first-order valence-corrected chi connectivity index (χ1v) is 7.35. The van der Waals surface area contributed by atoms with Gasteiger partial charge in [0.25, 0.3) is 0 Å². The molecule has 0 aliphatic carbocycles. The first kappa shape index (κ1) is 15.0. The van der Waals surface area contributed by atoms with E-state index in [9.17, 15) is 5.26 Å². The third-order valence-corrected chi connectivity index (χ3v) is 3.73. The molecule has 1 N–H and O–H groups in total. The number of benzene rings is 1. The third-order valence-electron chi connectivity index (χ3n) is 3.73. The maximum absolute atomic E-state index is 9.30. The highest BCUT2D eigenvalue weighted by Gasteiger charge is 2.12. The zero-order chi connectivity index (χ0) is 14.2. The average Bonchev–Trinajstić information content (AvgIpc) is 2.53. The Hall–Kier alpha value is -1.41. The molecule has 4 heteroatoms. The number of nitrogens with one attached hydrogen (secondary N) is 1. The predicted octanol–water partition coefficient (Wildman–Crippen LogP) is 1.74. The van der Waals surface area contributed by atoms with Crippen LogP contribution in [0.5, 0.6) is 0 Å². The fourth-order valence-corrected chi connectivity index (χ4v) is 2.38. The Balaban J connectivity index is 1.80. The molecule has 0 radical (unpaired) electrons. The molecular formula is C16H23N3O. The fourth-order valence-electron chi connectivity index (χ4n) is 2.38. The Morgan fingerprint density at radius 1 is 1.30 bits per heavy atom. The van der Waals surface area contributed by atoms with Gasteiger partial charge in [0.2, 0.25) is 0 Å². The van der Waals surface area contributed by atoms with Crippen molar-refractivity contribution in [2.75, 3.05) is 39.4 Å². The van der Waals surface area contributed by atoms with Gasteiger partial charge in [-0.1, -0.05) is 31.2 Å². The standard InChI is InChI=1S/C16H23N3O/c1-2-14-3-5-15(6-4-14)16(13-17)18-7-8-19-9-11-20-12-10-19/h3-6,16,18H,2,7-12H2,1H3. The molecule has 1 aliphatic heterocycles. The van der Waals surface area contributed by atoms with Gasteiger partial charge in [-0.15, -0.1) is 0 Å². The molecule has 0 amide bonds. The fraction of sp³-hybridized carbons (Fsp3) is 0.562. The second-order valence-corrected chi connectivity index (χ2v) is 5.07. The lowest BCUT2D eigenvalue weighted by molar-refractivity contribution is 0.0383. The van der Waals surface area contributed by atoms with Crippen molar-refractivity contribution in [3.8, 4) is 6.07 Å². The number of nitrogens with zero attached hydrogens (tertiary/aromatic N) is 2. The summed E-state index contributed by atoms with van der Waals surface area (Å²) in [5.41, 5.74) is 2.35. The molecule has 0 saturated carbocycles. The number of aryl methyl sites for hydroxylation is 1. The SMILES string of the molecule is CCc1ccc(C(C#N)NCCN2CCOCC2)cc1. The van der Waals surface area contributed by atoms with Gasteiger partial charge in [-0.2, -0.15) is 5.26 Å². The van der Waals surface area contributed by atoms with Crippen molar-refractivity contribution in [1.82, 2.24) is 10.2 Å². The van der Waals surface area contributed by atoms with E-state index >= 15 is 0 Å². The van der Waals surface area contributed by atoms with Gasteiger partial charge in [-0.05, 0) is 17.5 Å². The monoisotopic (exact) mass is 273 g/mol. The third kappa shape index (κ3) is 4.31. The van der Waals surface area contributed by atoms with E-state index in [0.717, 1.165) is 51.4 Å². The zero-order valence-corrected chi connectivity index (χ0v) is 12.1. The van der Waals surface area contributed by atoms with Gasteiger partial charge in [-0.3, -0.25) is 10.2 Å². The summed E-state index contributed by atoms with van der Waals surface area (Å²) in [5, 5.41) is 12.6. The van der Waals surface area contributed by atoms with Crippen LogP contribution in [-0.4, -0.2) is 44.3 Å². The van der Waals surface area contributed by atoms with Crippen LogP contribution < -0.4 is 5.32 Å². The Morgan fingerprint density at radius 3 is 2.60 bits per heavy atom. The molecule has 20 heavy (non-hydrogen) atoms. The van der Waals surface area contributed by atoms with E-state index in [4.69, 9.17) is 4.74 Å². The molecule has 1 aromatic carbocycles. The number of morpholine rings is 1. The molecule has 1 heterocycles. The normalized spacial score (nSPS) is 17.6. The summed E-state index contributed by atoms with van der Waals surface area (Å²) in [6.07, 6.45) is 1.03. The van der Waals surface area contributed by atoms with Crippen molar-refractivity contribution in [3.05, 3.63) is 35.4 Å². The molecule has 0 spiro atoms. The van der Waals surface area contributed by atoms with E-state index in [-0.39, 0.29) is 6.04 Å². The summed E-state index contributed by atoms with van der Waals surface area (Å²) in [5.74, 6) is 0. The van der Waals surface area contributed by atoms with Gasteiger partial charge in [0.1, 0.15) is 6.04 Å². The lowest BCUT2D eigenvalue weighted by atomic mass is 10.0. The minimum atomic E-state index is -0.220. The number of ether oxygens (including phenoxy) is 1. The summed E-state index contributed by atoms with van der Waals surface area (Å²) in [6, 6.07) is 10.4. The number of hydrogen-bond donors (Lipinski definition) is 1. The van der Waals surface area contributed by atoms with Gasteiger partial charge in [0, 0.05) is 26.2 Å². The van der Waals surface area contributed by atoms with Crippen molar-refractivity contribution in [2.45, 2.75) is 19.4 Å². The van der Waals surface area contributed by atoms with Crippen molar-refractivity contribution in [2.24, 2.45) is 0 Å². The zero-order valence-electron chi connectivity index (χ0n) is 12.1. The topological polar surface area (TPSA) is 48.3 Å². The minimum absolute atomic E-state index is 0.220. The molecule has 1 atom stereocenters. The maximum atomic E-state index is 9.30. The quantitative estimate of drug-likeness (QED) is 0.857. The predicted molar refractivity (Wildman–Crippen MR) is 79.4 cm³/mol. The second-order valence-electron chi connectivity index (χ2n) is 5.07. The molecule has 4 nitrogen and oxygen atoms in total. The number of hydrogen-bond acceptors (Lipinski definition) is 4. The first-order chi connectivity index (χ1) is 9.83. The van der Waals surface area contributed by atoms with E-state index in [1.54, 1.807) is 0 Å². The van der Waals surface area contributed by atoms with Gasteiger partial charge < -0.3 is 4.74 Å². The molecule has 0 bridgehead atoms. The van der Waals surface area contributed by atoms with Crippen LogP contribution in [0.4, 0.5) is 0 Å². The van der Waals surface area contributed by atoms with E-state index in [1.165, 1.54) is 5.56 Å². The van der Waals surface area contributed by atoms with Crippen molar-refractivity contribution < 1.29 is 4.74 Å². The molecule has 1 aromatic rings. The van der Waals surface area contributed by atoms with E-state index in [2.05, 4.69) is 47.5 Å². The number of nitriles is 1. The summed E-state index contributed by atoms with van der Waals surface area (Å²) < 4.78 is 5.33. The van der Waals surface area contributed by atoms with Gasteiger partial charge >= 0.3 is 0 Å². The maximum Gasteiger partial charge on any atom is 0.121 e. The first-order valence-electron chi connectivity index (χ1n) is 7.35. The van der Waals surface area contributed by atoms with Gasteiger partial charge in [0.05, 0.1) is 19.3 Å². The van der Waals surface area contributed by atoms with Crippen molar-refractivity contribution >= 4 is 0 Å². The van der Waals surface area contributed by atoms with Crippen LogP contribution in [0.1, 0.15) is 24.1 Å².